The molecule has 43 heavy (non-hydrogen) atoms. The Morgan fingerprint density at radius 2 is 0.837 bits per heavy atom. The Balaban J connectivity index is 3.08. The van der Waals surface area contributed by atoms with Crippen LogP contribution in [0, 0.1) is 0 Å². The Morgan fingerprint density at radius 3 is 1.21 bits per heavy atom. The van der Waals surface area contributed by atoms with Gasteiger partial charge in [0, 0.05) is 5.56 Å². The summed E-state index contributed by atoms with van der Waals surface area (Å²) in [7, 11) is 0. The Morgan fingerprint density at radius 1 is 0.488 bits per heavy atom. The molecule has 0 bridgehead atoms. The fraction of sp³-hybridized carbons (Fsp3) is 0.806. The average Bonchev–Trinajstić information content (AvgIpc) is 2.99. The van der Waals surface area contributed by atoms with E-state index in [0.29, 0.717) is 43.3 Å². The van der Waals surface area contributed by atoms with Crippen molar-refractivity contribution in [2.75, 3.05) is 19.8 Å². The summed E-state index contributed by atoms with van der Waals surface area (Å²) in [6.07, 6.45) is 23.1. The third-order valence-electron chi connectivity index (χ3n) is 7.92. The first-order chi connectivity index (χ1) is 21.0. The van der Waals surface area contributed by atoms with Crippen molar-refractivity contribution in [1.29, 1.82) is 0 Å². The van der Waals surface area contributed by atoms with Crippen LogP contribution in [-0.4, -0.2) is 36.2 Å². The van der Waals surface area contributed by atoms with Crippen molar-refractivity contribution in [1.82, 2.24) is 0 Å². The van der Waals surface area contributed by atoms with Crippen molar-refractivity contribution in [3.63, 3.8) is 0 Å². The Hall–Kier alpha value is -2.31. The Labute approximate surface area is 263 Å². The molecule has 0 atom stereocenters. The van der Waals surface area contributed by atoms with Gasteiger partial charge in [-0.25, -0.2) is 4.79 Å². The van der Waals surface area contributed by atoms with E-state index in [2.05, 4.69) is 20.8 Å². The number of carbonyl (C=O) groups is 1. The van der Waals surface area contributed by atoms with Gasteiger partial charge in [0.25, 0.3) is 0 Å². The number of rotatable bonds is 29. The number of benzene rings is 1. The van der Waals surface area contributed by atoms with Crippen LogP contribution < -0.4 is 18.9 Å². The molecule has 1 aromatic rings. The molecular weight excluding hydrogens is 544 g/mol. The summed E-state index contributed by atoms with van der Waals surface area (Å²) in [5, 5.41) is 20.7. The van der Waals surface area contributed by atoms with Gasteiger partial charge in [0.2, 0.25) is 17.2 Å². The van der Waals surface area contributed by atoms with Gasteiger partial charge in [-0.15, -0.1) is 0 Å². The average molecular weight is 609 g/mol. The van der Waals surface area contributed by atoms with E-state index in [-0.39, 0.29) is 17.2 Å². The molecule has 0 spiro atoms. The van der Waals surface area contributed by atoms with Gasteiger partial charge in [-0.05, 0) is 25.7 Å². The van der Waals surface area contributed by atoms with Crippen LogP contribution in [0.2, 0.25) is 0 Å². The molecular formula is C36H64O7. The molecule has 0 saturated heterocycles. The largest absolute Gasteiger partial charge is 0.511 e. The van der Waals surface area contributed by atoms with Crippen molar-refractivity contribution in [2.45, 2.75) is 169 Å². The quantitative estimate of drug-likeness (QED) is 0.0530. The molecule has 0 heterocycles. The lowest BCUT2D eigenvalue weighted by atomic mass is 10.1. The number of phenols is 1. The molecule has 250 valence electrons. The highest BCUT2D eigenvalue weighted by atomic mass is 16.7. The molecule has 0 fully saturated rings. The molecule has 1 rings (SSSR count). The van der Waals surface area contributed by atoms with E-state index in [9.17, 15) is 15.0 Å². The van der Waals surface area contributed by atoms with Crippen molar-refractivity contribution in [2.24, 2.45) is 0 Å². The summed E-state index contributed by atoms with van der Waals surface area (Å²) in [5.41, 5.74) is 0.487. The van der Waals surface area contributed by atoms with Crippen molar-refractivity contribution in [3.8, 4) is 28.7 Å². The first-order valence-corrected chi connectivity index (χ1v) is 17.7. The highest BCUT2D eigenvalue weighted by Crippen LogP contribution is 2.53. The number of hydrogen-bond donors (Lipinski definition) is 2. The Kier molecular flexibility index (Phi) is 23.5. The van der Waals surface area contributed by atoms with Gasteiger partial charge < -0.3 is 29.2 Å². The van der Waals surface area contributed by atoms with Gasteiger partial charge in [-0.3, -0.25) is 0 Å². The second-order valence-electron chi connectivity index (χ2n) is 11.8. The number of aromatic hydroxyl groups is 1. The third kappa shape index (κ3) is 16.9. The molecule has 7 heteroatoms. The van der Waals surface area contributed by atoms with Crippen LogP contribution in [0.5, 0.6) is 28.7 Å². The molecule has 0 aliphatic rings. The van der Waals surface area contributed by atoms with Crippen molar-refractivity contribution >= 4 is 6.16 Å². The minimum Gasteiger partial charge on any atom is -0.502 e. The summed E-state index contributed by atoms with van der Waals surface area (Å²) in [5.74, 6) is 0.461. The Bertz CT molecular complexity index is 840. The van der Waals surface area contributed by atoms with Crippen molar-refractivity contribution < 1.29 is 34.0 Å². The van der Waals surface area contributed by atoms with E-state index in [1.807, 2.05) is 6.92 Å². The maximum absolute atomic E-state index is 11.6. The number of unbranched alkanes of at least 4 members (excludes halogenated alkanes) is 18. The molecule has 0 amide bonds. The zero-order valence-electron chi connectivity index (χ0n) is 28.1. The standard InChI is InChI=1S/C36H64O7/c1-5-9-12-15-18-21-24-27-40-33-30(8-4)32(43-36(38)39)31(37)34(41-28-25-22-19-16-13-10-6-2)35(33)42-29-26-23-20-17-14-11-7-3/h37H,5-29H2,1-4H3,(H,38,39). The number of hydrogen-bond acceptors (Lipinski definition) is 6. The van der Waals surface area contributed by atoms with E-state index in [1.165, 1.54) is 89.9 Å². The first kappa shape index (κ1) is 38.7. The first-order valence-electron chi connectivity index (χ1n) is 17.7. The summed E-state index contributed by atoms with van der Waals surface area (Å²) < 4.78 is 23.9. The predicted molar refractivity (Wildman–Crippen MR) is 177 cm³/mol. The van der Waals surface area contributed by atoms with Crippen LogP contribution in [0.4, 0.5) is 4.79 Å². The van der Waals surface area contributed by atoms with E-state index < -0.39 is 6.16 Å². The van der Waals surface area contributed by atoms with Crippen LogP contribution in [0.25, 0.3) is 0 Å². The highest BCUT2D eigenvalue weighted by molar-refractivity contribution is 5.73. The van der Waals surface area contributed by atoms with Gasteiger partial charge in [0.05, 0.1) is 19.8 Å². The number of carboxylic acid groups (broad SMARTS) is 1. The lowest BCUT2D eigenvalue weighted by Crippen LogP contribution is -2.12. The van der Waals surface area contributed by atoms with Gasteiger partial charge in [0.15, 0.2) is 11.5 Å². The molecule has 0 saturated carbocycles. The minimum atomic E-state index is -1.49. The van der Waals surface area contributed by atoms with Gasteiger partial charge in [-0.2, -0.15) is 0 Å². The molecule has 2 N–H and O–H groups in total. The zero-order valence-corrected chi connectivity index (χ0v) is 28.1. The van der Waals surface area contributed by atoms with Crippen LogP contribution in [-0.2, 0) is 6.42 Å². The number of phenolic OH excluding ortho intramolecular Hbond substituents is 1. The molecule has 0 unspecified atom stereocenters. The minimum absolute atomic E-state index is 0.122. The normalized spacial score (nSPS) is 11.1. The smallest absolute Gasteiger partial charge is 0.502 e. The lowest BCUT2D eigenvalue weighted by Gasteiger charge is -2.23. The van der Waals surface area contributed by atoms with E-state index in [4.69, 9.17) is 18.9 Å². The molecule has 0 aromatic heterocycles. The van der Waals surface area contributed by atoms with Crippen molar-refractivity contribution in [3.05, 3.63) is 5.56 Å². The molecule has 0 aliphatic heterocycles. The summed E-state index contributed by atoms with van der Waals surface area (Å²) in [6, 6.07) is 0. The monoisotopic (exact) mass is 608 g/mol. The van der Waals surface area contributed by atoms with E-state index in [1.54, 1.807) is 0 Å². The predicted octanol–water partition coefficient (Wildman–Crippen LogP) is 11.4. The summed E-state index contributed by atoms with van der Waals surface area (Å²) in [4.78, 5) is 11.6. The SMILES string of the molecule is CCCCCCCCCOc1c(O)c(OC(=O)O)c(CC)c(OCCCCCCCCC)c1OCCCCCCCCC. The maximum atomic E-state index is 11.6. The molecule has 0 aliphatic carbocycles. The summed E-state index contributed by atoms with van der Waals surface area (Å²) >= 11 is 0. The summed E-state index contributed by atoms with van der Waals surface area (Å²) in [6.45, 7) is 9.89. The van der Waals surface area contributed by atoms with Crippen LogP contribution in [0.3, 0.4) is 0 Å². The third-order valence-corrected chi connectivity index (χ3v) is 7.92. The lowest BCUT2D eigenvalue weighted by molar-refractivity contribution is 0.141. The van der Waals surface area contributed by atoms with Crippen LogP contribution >= 0.6 is 0 Å². The van der Waals surface area contributed by atoms with Crippen LogP contribution in [0.1, 0.15) is 168 Å². The van der Waals surface area contributed by atoms with Crippen LogP contribution in [0.15, 0.2) is 0 Å². The topological polar surface area (TPSA) is 94.5 Å². The second kappa shape index (κ2) is 26.1. The second-order valence-corrected chi connectivity index (χ2v) is 11.8. The van der Waals surface area contributed by atoms with Gasteiger partial charge in [-0.1, -0.05) is 143 Å². The highest BCUT2D eigenvalue weighted by Gasteiger charge is 2.29. The fourth-order valence-electron chi connectivity index (χ4n) is 5.33. The molecule has 0 radical (unpaired) electrons. The number of ether oxygens (including phenoxy) is 4. The molecule has 1 aromatic carbocycles. The van der Waals surface area contributed by atoms with E-state index in [0.717, 1.165) is 44.9 Å². The maximum Gasteiger partial charge on any atom is 0.511 e. The van der Waals surface area contributed by atoms with Gasteiger partial charge >= 0.3 is 6.16 Å². The zero-order chi connectivity index (χ0) is 31.5. The fourth-order valence-corrected chi connectivity index (χ4v) is 5.33. The van der Waals surface area contributed by atoms with E-state index >= 15 is 0 Å². The van der Waals surface area contributed by atoms with Gasteiger partial charge in [0.1, 0.15) is 0 Å². The molecule has 7 nitrogen and oxygen atoms in total.